The maximum atomic E-state index is 14.3. The van der Waals surface area contributed by atoms with Gasteiger partial charge < -0.3 is 19.1 Å². The van der Waals surface area contributed by atoms with Crippen molar-refractivity contribution in [2.24, 2.45) is 0 Å². The lowest BCUT2D eigenvalue weighted by molar-refractivity contribution is 0.105. The van der Waals surface area contributed by atoms with E-state index in [2.05, 4.69) is 4.90 Å². The van der Waals surface area contributed by atoms with Crippen LogP contribution < -0.4 is 10.5 Å². The topological polar surface area (TPSA) is 54.8 Å². The molecule has 0 spiro atoms. The molecule has 1 fully saturated rings. The number of ether oxygens (including phenoxy) is 1. The molecule has 6 nitrogen and oxygen atoms in total. The van der Waals surface area contributed by atoms with Gasteiger partial charge in [-0.05, 0) is 36.2 Å². The zero-order chi connectivity index (χ0) is 25.1. The number of nitrogens with zero attached hydrogens (tertiary/aromatic N) is 3. The largest absolute Gasteiger partial charge is 0.450 e. The highest BCUT2D eigenvalue weighted by atomic mass is 35.5. The van der Waals surface area contributed by atoms with Crippen molar-refractivity contribution in [2.75, 3.05) is 37.7 Å². The van der Waals surface area contributed by atoms with E-state index in [0.29, 0.717) is 50.0 Å². The normalized spacial score (nSPS) is 13.7. The molecule has 2 heterocycles. The van der Waals surface area contributed by atoms with Gasteiger partial charge in [0.25, 0.3) is 5.56 Å². The zero-order valence-corrected chi connectivity index (χ0v) is 20.9. The summed E-state index contributed by atoms with van der Waals surface area (Å²) in [6, 6.07) is 25.6. The fourth-order valence-electron chi connectivity index (χ4n) is 4.86. The van der Waals surface area contributed by atoms with Crippen LogP contribution in [0.1, 0.15) is 12.5 Å². The van der Waals surface area contributed by atoms with Crippen LogP contribution in [-0.2, 0) is 11.3 Å². The van der Waals surface area contributed by atoms with E-state index >= 15 is 0 Å². The molecule has 7 heteroatoms. The highest BCUT2D eigenvalue weighted by molar-refractivity contribution is 6.31. The Kier molecular flexibility index (Phi) is 6.96. The third kappa shape index (κ3) is 4.69. The number of halogens is 1. The van der Waals surface area contributed by atoms with E-state index in [4.69, 9.17) is 16.3 Å². The van der Waals surface area contributed by atoms with Gasteiger partial charge in [0.05, 0.1) is 18.7 Å². The molecule has 0 bridgehead atoms. The lowest BCUT2D eigenvalue weighted by atomic mass is 9.97. The summed E-state index contributed by atoms with van der Waals surface area (Å²) >= 11 is 6.49. The highest BCUT2D eigenvalue weighted by Gasteiger charge is 2.28. The third-order valence-electron chi connectivity index (χ3n) is 6.57. The molecule has 5 rings (SSSR count). The van der Waals surface area contributed by atoms with E-state index in [1.54, 1.807) is 11.8 Å². The lowest BCUT2D eigenvalue weighted by Crippen LogP contribution is -2.50. The monoisotopic (exact) mass is 501 g/mol. The molecule has 184 valence electrons. The Morgan fingerprint density at radius 1 is 0.917 bits per heavy atom. The van der Waals surface area contributed by atoms with Gasteiger partial charge in [-0.25, -0.2) is 4.79 Å². The first kappa shape index (κ1) is 23.9. The fraction of sp³-hybridized carbons (Fsp3) is 0.241. The zero-order valence-electron chi connectivity index (χ0n) is 20.2. The molecule has 0 N–H and O–H groups in total. The van der Waals surface area contributed by atoms with Gasteiger partial charge >= 0.3 is 6.09 Å². The number of carbonyl (C=O) groups is 1. The Bertz CT molecular complexity index is 1430. The van der Waals surface area contributed by atoms with Crippen molar-refractivity contribution in [3.63, 3.8) is 0 Å². The second kappa shape index (κ2) is 10.5. The van der Waals surface area contributed by atoms with Crippen molar-refractivity contribution in [3.8, 4) is 11.1 Å². The number of anilines is 1. The highest BCUT2D eigenvalue weighted by Crippen LogP contribution is 2.37. The average Bonchev–Trinajstić information content (AvgIpc) is 2.91. The van der Waals surface area contributed by atoms with Crippen LogP contribution in [0.15, 0.2) is 83.7 Å². The maximum Gasteiger partial charge on any atom is 0.409 e. The summed E-state index contributed by atoms with van der Waals surface area (Å²) in [5.41, 5.74) is 4.28. The number of rotatable bonds is 5. The van der Waals surface area contributed by atoms with E-state index in [-0.39, 0.29) is 11.7 Å². The van der Waals surface area contributed by atoms with E-state index in [9.17, 15) is 9.59 Å². The summed E-state index contributed by atoms with van der Waals surface area (Å²) in [5, 5.41) is 1.54. The number of fused-ring (bicyclic) bond motifs is 1. The molecule has 0 unspecified atom stereocenters. The van der Waals surface area contributed by atoms with Crippen LogP contribution in [0.2, 0.25) is 5.02 Å². The Morgan fingerprint density at radius 2 is 1.58 bits per heavy atom. The van der Waals surface area contributed by atoms with E-state index in [1.165, 1.54) is 0 Å². The Hall–Kier alpha value is -3.77. The molecule has 1 aromatic heterocycles. The van der Waals surface area contributed by atoms with Crippen LogP contribution in [0.3, 0.4) is 0 Å². The standard InChI is InChI=1S/C29H28ClN3O3/c1-2-36-29(35)32-17-15-31(16-18-32)27-26(22-11-7-4-8-12-22)24-19-23(30)13-14-25(24)33(28(27)34)20-21-9-5-3-6-10-21/h3-14,19H,2,15-18,20H2,1H3. The molecule has 4 aromatic rings. The van der Waals surface area contributed by atoms with Gasteiger partial charge in [-0.3, -0.25) is 4.79 Å². The number of aromatic nitrogens is 1. The average molecular weight is 502 g/mol. The Morgan fingerprint density at radius 3 is 2.25 bits per heavy atom. The number of benzene rings is 3. The first-order valence-corrected chi connectivity index (χ1v) is 12.6. The van der Waals surface area contributed by atoms with E-state index in [1.807, 2.05) is 83.4 Å². The van der Waals surface area contributed by atoms with Crippen LogP contribution in [0.4, 0.5) is 10.5 Å². The quantitative estimate of drug-likeness (QED) is 0.354. The molecular weight excluding hydrogens is 474 g/mol. The second-order valence-corrected chi connectivity index (χ2v) is 9.24. The van der Waals surface area contributed by atoms with Crippen LogP contribution in [0, 0.1) is 0 Å². The molecular formula is C29H28ClN3O3. The molecule has 1 aliphatic rings. The summed E-state index contributed by atoms with van der Waals surface area (Å²) in [6.45, 7) is 4.62. The Labute approximate surface area is 215 Å². The summed E-state index contributed by atoms with van der Waals surface area (Å²) in [6.07, 6.45) is -0.313. The van der Waals surface area contributed by atoms with Gasteiger partial charge in [-0.2, -0.15) is 0 Å². The smallest absolute Gasteiger partial charge is 0.409 e. The number of carbonyl (C=O) groups excluding carboxylic acids is 1. The Balaban J connectivity index is 1.69. The van der Waals surface area contributed by atoms with Crippen molar-refractivity contribution in [2.45, 2.75) is 13.5 Å². The molecule has 0 aliphatic carbocycles. The molecule has 0 radical (unpaired) electrons. The first-order chi connectivity index (χ1) is 17.6. The minimum atomic E-state index is -0.313. The molecule has 1 amide bonds. The van der Waals surface area contributed by atoms with Gasteiger partial charge in [0.2, 0.25) is 0 Å². The van der Waals surface area contributed by atoms with Crippen LogP contribution in [0.5, 0.6) is 0 Å². The summed E-state index contributed by atoms with van der Waals surface area (Å²) in [5.74, 6) is 0. The molecule has 3 aromatic carbocycles. The molecule has 36 heavy (non-hydrogen) atoms. The molecule has 0 atom stereocenters. The fourth-order valence-corrected chi connectivity index (χ4v) is 5.03. The van der Waals surface area contributed by atoms with Gasteiger partial charge in [-0.15, -0.1) is 0 Å². The predicted molar refractivity (Wildman–Crippen MR) is 145 cm³/mol. The number of hydrogen-bond acceptors (Lipinski definition) is 4. The number of piperazine rings is 1. The molecule has 0 saturated carbocycles. The summed E-state index contributed by atoms with van der Waals surface area (Å²) in [7, 11) is 0. The minimum absolute atomic E-state index is 0.0582. The van der Waals surface area contributed by atoms with Crippen LogP contribution >= 0.6 is 11.6 Å². The summed E-state index contributed by atoms with van der Waals surface area (Å²) in [4.78, 5) is 30.3. The third-order valence-corrected chi connectivity index (χ3v) is 6.81. The SMILES string of the molecule is CCOC(=O)N1CCN(c2c(-c3ccccc3)c3cc(Cl)ccc3n(Cc3ccccc3)c2=O)CC1. The van der Waals surface area contributed by atoms with Crippen molar-refractivity contribution in [3.05, 3.63) is 99.8 Å². The lowest BCUT2D eigenvalue weighted by Gasteiger charge is -2.36. The summed E-state index contributed by atoms with van der Waals surface area (Å²) < 4.78 is 7.02. The van der Waals surface area contributed by atoms with Crippen LogP contribution in [0.25, 0.3) is 22.0 Å². The van der Waals surface area contributed by atoms with Crippen LogP contribution in [-0.4, -0.2) is 48.3 Å². The maximum absolute atomic E-state index is 14.3. The molecule has 1 aliphatic heterocycles. The predicted octanol–water partition coefficient (Wildman–Crippen LogP) is 5.65. The minimum Gasteiger partial charge on any atom is -0.450 e. The molecule has 1 saturated heterocycles. The van der Waals surface area contributed by atoms with E-state index < -0.39 is 0 Å². The number of hydrogen-bond donors (Lipinski definition) is 0. The second-order valence-electron chi connectivity index (χ2n) is 8.80. The van der Waals surface area contributed by atoms with Crippen molar-refractivity contribution >= 4 is 34.3 Å². The van der Waals surface area contributed by atoms with Gasteiger partial charge in [-0.1, -0.05) is 72.3 Å². The van der Waals surface area contributed by atoms with Gasteiger partial charge in [0, 0.05) is 42.2 Å². The number of pyridine rings is 1. The van der Waals surface area contributed by atoms with Crippen molar-refractivity contribution in [1.29, 1.82) is 0 Å². The first-order valence-electron chi connectivity index (χ1n) is 12.2. The van der Waals surface area contributed by atoms with Crippen molar-refractivity contribution < 1.29 is 9.53 Å². The number of amides is 1. The van der Waals surface area contributed by atoms with Gasteiger partial charge in [0.15, 0.2) is 0 Å². The van der Waals surface area contributed by atoms with Crippen molar-refractivity contribution in [1.82, 2.24) is 9.47 Å². The van der Waals surface area contributed by atoms with Gasteiger partial charge in [0.1, 0.15) is 5.69 Å². The van der Waals surface area contributed by atoms with E-state index in [0.717, 1.165) is 27.6 Å².